The lowest BCUT2D eigenvalue weighted by atomic mass is 10.1. The van der Waals surface area contributed by atoms with Crippen LogP contribution in [0.25, 0.3) is 33.0 Å². The topological polar surface area (TPSA) is 90.5 Å². The predicted octanol–water partition coefficient (Wildman–Crippen LogP) is 5.67. The number of hydrogen-bond donors (Lipinski definition) is 1. The predicted molar refractivity (Wildman–Crippen MR) is 138 cm³/mol. The Morgan fingerprint density at radius 3 is 2.66 bits per heavy atom. The van der Waals surface area contributed by atoms with Crippen LogP contribution in [0.5, 0.6) is 0 Å². The number of carbonyl (C=O) groups is 1. The summed E-state index contributed by atoms with van der Waals surface area (Å²) in [5.41, 5.74) is 4.07. The van der Waals surface area contributed by atoms with Crippen LogP contribution in [0.1, 0.15) is 54.7 Å². The second-order valence-corrected chi connectivity index (χ2v) is 10.2. The van der Waals surface area contributed by atoms with Crippen molar-refractivity contribution in [2.24, 2.45) is 7.05 Å². The Kier molecular flexibility index (Phi) is 5.21. The van der Waals surface area contributed by atoms with Crippen LogP contribution < -0.4 is 5.32 Å². The van der Waals surface area contributed by atoms with Crippen molar-refractivity contribution in [1.29, 1.82) is 0 Å². The lowest BCUT2D eigenvalue weighted by molar-refractivity contribution is 0.102. The number of aromatic nitrogens is 6. The first kappa shape index (κ1) is 21.7. The molecule has 176 valence electrons. The van der Waals surface area contributed by atoms with Crippen LogP contribution in [-0.4, -0.2) is 35.2 Å². The van der Waals surface area contributed by atoms with Crippen molar-refractivity contribution < 1.29 is 4.79 Å². The molecular weight excluding hydrogens is 458 g/mol. The highest BCUT2D eigenvalue weighted by Crippen LogP contribution is 2.41. The summed E-state index contributed by atoms with van der Waals surface area (Å²) in [7, 11) is 1.95. The number of amides is 1. The minimum absolute atomic E-state index is 0.151. The monoisotopic (exact) mass is 483 g/mol. The van der Waals surface area contributed by atoms with E-state index in [4.69, 9.17) is 9.97 Å². The number of thiazole rings is 1. The molecule has 0 spiro atoms. The maximum absolute atomic E-state index is 13.6. The molecule has 4 heterocycles. The zero-order valence-corrected chi connectivity index (χ0v) is 20.6. The molecule has 35 heavy (non-hydrogen) atoms. The summed E-state index contributed by atoms with van der Waals surface area (Å²) in [5, 5.41) is 8.85. The molecule has 9 heteroatoms. The van der Waals surface area contributed by atoms with E-state index >= 15 is 0 Å². The third-order valence-electron chi connectivity index (χ3n) is 6.24. The van der Waals surface area contributed by atoms with E-state index in [2.05, 4.69) is 29.2 Å². The molecule has 0 saturated heterocycles. The van der Waals surface area contributed by atoms with E-state index in [1.165, 1.54) is 11.3 Å². The normalized spacial score (nSPS) is 13.6. The molecule has 1 N–H and O–H groups in total. The quantitative estimate of drug-likeness (QED) is 0.336. The summed E-state index contributed by atoms with van der Waals surface area (Å²) in [6, 6.07) is 12.0. The van der Waals surface area contributed by atoms with Crippen LogP contribution in [0.4, 0.5) is 5.13 Å². The number of benzene rings is 1. The van der Waals surface area contributed by atoms with Crippen molar-refractivity contribution in [2.75, 3.05) is 5.32 Å². The summed E-state index contributed by atoms with van der Waals surface area (Å²) < 4.78 is 3.84. The lowest BCUT2D eigenvalue weighted by Gasteiger charge is -2.10. The number of anilines is 1. The summed E-state index contributed by atoms with van der Waals surface area (Å²) in [6.45, 7) is 4.13. The third-order valence-corrected chi connectivity index (χ3v) is 7.20. The van der Waals surface area contributed by atoms with Gasteiger partial charge in [0, 0.05) is 42.7 Å². The molecule has 0 bridgehead atoms. The fourth-order valence-electron chi connectivity index (χ4n) is 4.26. The fraction of sp³-hybridized carbons (Fsp3) is 0.269. The van der Waals surface area contributed by atoms with E-state index in [0.29, 0.717) is 16.6 Å². The lowest BCUT2D eigenvalue weighted by Crippen LogP contribution is -2.13. The highest BCUT2D eigenvalue weighted by atomic mass is 32.1. The number of nitrogens with one attached hydrogen (secondary N) is 1. The largest absolute Gasteiger partial charge is 0.333 e. The highest BCUT2D eigenvalue weighted by molar-refractivity contribution is 7.19. The second-order valence-electron chi connectivity index (χ2n) is 9.17. The van der Waals surface area contributed by atoms with Gasteiger partial charge < -0.3 is 4.57 Å². The number of rotatable bonds is 6. The van der Waals surface area contributed by atoms with E-state index in [1.807, 2.05) is 58.9 Å². The first-order valence-corrected chi connectivity index (χ1v) is 12.5. The number of fused-ring (bicyclic) bond motifs is 1. The Morgan fingerprint density at radius 1 is 1.17 bits per heavy atom. The van der Waals surface area contributed by atoms with Gasteiger partial charge in [-0.1, -0.05) is 41.7 Å². The summed E-state index contributed by atoms with van der Waals surface area (Å²) >= 11 is 1.42. The molecule has 8 nitrogen and oxygen atoms in total. The summed E-state index contributed by atoms with van der Waals surface area (Å²) in [5.74, 6) is 1.02. The number of aryl methyl sites for hydroxylation is 1. The van der Waals surface area contributed by atoms with Crippen LogP contribution >= 0.6 is 11.3 Å². The van der Waals surface area contributed by atoms with E-state index in [-0.39, 0.29) is 11.9 Å². The van der Waals surface area contributed by atoms with Gasteiger partial charge in [0.15, 0.2) is 16.6 Å². The maximum Gasteiger partial charge on any atom is 0.258 e. The average Bonchev–Trinajstić information content (AvgIpc) is 3.27. The third kappa shape index (κ3) is 3.91. The molecule has 1 saturated carbocycles. The van der Waals surface area contributed by atoms with Crippen molar-refractivity contribution in [2.45, 2.75) is 38.6 Å². The van der Waals surface area contributed by atoms with Crippen LogP contribution in [0.15, 0.2) is 55.0 Å². The molecule has 0 unspecified atom stereocenters. The maximum atomic E-state index is 13.6. The number of hydrogen-bond acceptors (Lipinski definition) is 6. The highest BCUT2D eigenvalue weighted by Gasteiger charge is 2.29. The summed E-state index contributed by atoms with van der Waals surface area (Å²) in [4.78, 5) is 28.7. The first-order valence-electron chi connectivity index (χ1n) is 11.7. The molecule has 1 aliphatic carbocycles. The Balaban J connectivity index is 1.41. The van der Waals surface area contributed by atoms with Gasteiger partial charge in [0.2, 0.25) is 0 Å². The van der Waals surface area contributed by atoms with Gasteiger partial charge in [0.05, 0.1) is 27.7 Å². The van der Waals surface area contributed by atoms with Gasteiger partial charge in [-0.2, -0.15) is 5.10 Å². The molecular formula is C26H25N7OS. The summed E-state index contributed by atoms with van der Waals surface area (Å²) in [6.07, 6.45) is 7.62. The zero-order valence-electron chi connectivity index (χ0n) is 19.8. The van der Waals surface area contributed by atoms with Gasteiger partial charge in [0.1, 0.15) is 0 Å². The first-order chi connectivity index (χ1) is 17.0. The van der Waals surface area contributed by atoms with Crippen LogP contribution in [0, 0.1) is 0 Å². The Morgan fingerprint density at radius 2 is 1.97 bits per heavy atom. The fourth-order valence-corrected chi connectivity index (χ4v) is 5.28. The van der Waals surface area contributed by atoms with Crippen LogP contribution in [-0.2, 0) is 7.05 Å². The average molecular weight is 484 g/mol. The molecule has 1 aromatic carbocycles. The van der Waals surface area contributed by atoms with Crippen molar-refractivity contribution in [3.63, 3.8) is 0 Å². The van der Waals surface area contributed by atoms with E-state index in [1.54, 1.807) is 12.4 Å². The van der Waals surface area contributed by atoms with Crippen molar-refractivity contribution >= 4 is 33.4 Å². The Bertz CT molecular complexity index is 1540. The molecule has 1 fully saturated rings. The molecule has 6 rings (SSSR count). The van der Waals surface area contributed by atoms with Gasteiger partial charge in [-0.25, -0.2) is 19.6 Å². The molecule has 0 atom stereocenters. The molecule has 0 aliphatic heterocycles. The van der Waals surface area contributed by atoms with Crippen molar-refractivity contribution in [1.82, 2.24) is 29.3 Å². The number of pyridine rings is 1. The number of nitrogens with zero attached hydrogens (tertiary/aromatic N) is 6. The standard InChI is InChI=1S/C26H25N7OS/c1-15(2)33-23-19(14-28-33)18(13-20(29-23)16-9-10-16)25(34)31-26-30-21(17-7-5-4-6-8-17)22(35-26)24-27-11-12-32(24)3/h4-8,11-16H,9-10H2,1-3H3,(H,30,31,34). The van der Waals surface area contributed by atoms with Gasteiger partial charge in [-0.05, 0) is 32.8 Å². The molecule has 0 radical (unpaired) electrons. The minimum atomic E-state index is -0.206. The van der Waals surface area contributed by atoms with E-state index in [0.717, 1.165) is 51.5 Å². The van der Waals surface area contributed by atoms with Crippen LogP contribution in [0.3, 0.4) is 0 Å². The van der Waals surface area contributed by atoms with E-state index < -0.39 is 0 Å². The van der Waals surface area contributed by atoms with Gasteiger partial charge in [-0.3, -0.25) is 10.1 Å². The van der Waals surface area contributed by atoms with Gasteiger partial charge in [-0.15, -0.1) is 0 Å². The number of carbonyl (C=O) groups excluding carboxylic acids is 1. The van der Waals surface area contributed by atoms with Gasteiger partial charge >= 0.3 is 0 Å². The molecule has 5 aromatic rings. The van der Waals surface area contributed by atoms with Crippen molar-refractivity contribution in [3.8, 4) is 22.0 Å². The van der Waals surface area contributed by atoms with Gasteiger partial charge in [0.25, 0.3) is 5.91 Å². The Hall–Kier alpha value is -3.85. The second kappa shape index (κ2) is 8.42. The van der Waals surface area contributed by atoms with E-state index in [9.17, 15) is 4.79 Å². The van der Waals surface area contributed by atoms with Crippen molar-refractivity contribution in [3.05, 3.63) is 66.2 Å². The SMILES string of the molecule is CC(C)n1ncc2c(C(=O)Nc3nc(-c4ccccc4)c(-c4nccn4C)s3)cc(C3CC3)nc21. The minimum Gasteiger partial charge on any atom is -0.333 e. The molecule has 4 aromatic heterocycles. The Labute approximate surface area is 206 Å². The zero-order chi connectivity index (χ0) is 24.1. The van der Waals surface area contributed by atoms with Crippen LogP contribution in [0.2, 0.25) is 0 Å². The molecule has 1 amide bonds. The smallest absolute Gasteiger partial charge is 0.258 e. The number of imidazole rings is 1. The molecule has 1 aliphatic rings.